The summed E-state index contributed by atoms with van der Waals surface area (Å²) < 4.78 is 54.0. The van der Waals surface area contributed by atoms with Crippen LogP contribution in [0, 0.1) is 12.7 Å². The maximum atomic E-state index is 14.2. The van der Waals surface area contributed by atoms with Crippen LogP contribution in [0.2, 0.25) is 0 Å². The minimum absolute atomic E-state index is 0.0810. The molecule has 1 aliphatic heterocycles. The highest BCUT2D eigenvalue weighted by Crippen LogP contribution is 2.35. The van der Waals surface area contributed by atoms with Gasteiger partial charge in [-0.2, -0.15) is 13.2 Å². The molecular weight excluding hydrogens is 434 g/mol. The number of nitrogens with zero attached hydrogens (tertiary/aromatic N) is 3. The van der Waals surface area contributed by atoms with Crippen LogP contribution in [0.25, 0.3) is 0 Å². The summed E-state index contributed by atoms with van der Waals surface area (Å²) in [5.41, 5.74) is 0.233. The average Bonchev–Trinajstić information content (AvgIpc) is 2.91. The van der Waals surface area contributed by atoms with Crippen molar-refractivity contribution in [2.45, 2.75) is 44.2 Å². The largest absolute Gasteiger partial charge is 0.416 e. The molecule has 0 radical (unpaired) electrons. The van der Waals surface area contributed by atoms with E-state index in [9.17, 15) is 37.4 Å². The summed E-state index contributed by atoms with van der Waals surface area (Å²) in [6.45, 7) is 1.28. The predicted octanol–water partition coefficient (Wildman–Crippen LogP) is 1.75. The minimum Gasteiger partial charge on any atom is -0.387 e. The fourth-order valence-corrected chi connectivity index (χ4v) is 3.98. The molecule has 0 saturated carbocycles. The van der Waals surface area contributed by atoms with Crippen LogP contribution in [0.4, 0.5) is 29.1 Å². The molecule has 1 aromatic heterocycles. The molecule has 4 rings (SSSR count). The number of likely N-dealkylation sites (N-methyl/N-ethyl adjacent to an activating group) is 1. The standard InChI is InChI=1S/C21H19F4N3O4/c1-9-5-11(21(23,24)25)7-15(26-9)28-16(17(29)18(30)20(28)32)19(31)27(2)12-6-10-3-4-13(10)14(22)8-12/h5-8,16-18,29-30H,3-4H2,1-2H3/t16-,17-,18-/m0/s1. The van der Waals surface area contributed by atoms with E-state index in [-0.39, 0.29) is 11.4 Å². The second-order valence-corrected chi connectivity index (χ2v) is 7.90. The number of carbonyl (C=O) groups is 2. The molecule has 7 nitrogen and oxygen atoms in total. The maximum absolute atomic E-state index is 14.2. The van der Waals surface area contributed by atoms with Gasteiger partial charge in [-0.05, 0) is 55.2 Å². The molecule has 1 fully saturated rings. The van der Waals surface area contributed by atoms with E-state index in [4.69, 9.17) is 0 Å². The van der Waals surface area contributed by atoms with Gasteiger partial charge in [0.1, 0.15) is 23.8 Å². The monoisotopic (exact) mass is 453 g/mol. The van der Waals surface area contributed by atoms with Gasteiger partial charge < -0.3 is 15.1 Å². The van der Waals surface area contributed by atoms with Crippen molar-refractivity contribution in [2.24, 2.45) is 0 Å². The molecule has 2 amide bonds. The van der Waals surface area contributed by atoms with Crippen molar-refractivity contribution in [3.63, 3.8) is 0 Å². The zero-order valence-corrected chi connectivity index (χ0v) is 17.0. The molecule has 2 heterocycles. The lowest BCUT2D eigenvalue weighted by Gasteiger charge is -2.30. The van der Waals surface area contributed by atoms with Crippen molar-refractivity contribution >= 4 is 23.3 Å². The Kier molecular flexibility index (Phi) is 5.21. The second-order valence-electron chi connectivity index (χ2n) is 7.90. The Hall–Kier alpha value is -3.05. The van der Waals surface area contributed by atoms with E-state index in [1.54, 1.807) is 6.07 Å². The number of pyridine rings is 1. The lowest BCUT2D eigenvalue weighted by Crippen LogP contribution is -2.50. The molecule has 2 aliphatic rings. The number of hydrogen-bond acceptors (Lipinski definition) is 5. The van der Waals surface area contributed by atoms with Crippen LogP contribution in [0.1, 0.15) is 22.4 Å². The second kappa shape index (κ2) is 7.52. The molecule has 2 aromatic rings. The van der Waals surface area contributed by atoms with Crippen LogP contribution >= 0.6 is 0 Å². The molecular formula is C21H19F4N3O4. The molecule has 11 heteroatoms. The first-order valence-electron chi connectivity index (χ1n) is 9.74. The number of aliphatic hydroxyl groups is 2. The van der Waals surface area contributed by atoms with Crippen molar-refractivity contribution in [2.75, 3.05) is 16.8 Å². The summed E-state index contributed by atoms with van der Waals surface area (Å²) in [6, 6.07) is 2.31. The van der Waals surface area contributed by atoms with E-state index in [0.717, 1.165) is 22.6 Å². The van der Waals surface area contributed by atoms with E-state index >= 15 is 0 Å². The molecule has 170 valence electrons. The zero-order chi connectivity index (χ0) is 23.5. The van der Waals surface area contributed by atoms with Crippen molar-refractivity contribution in [1.82, 2.24) is 4.98 Å². The fraction of sp³-hybridized carbons (Fsp3) is 0.381. The molecule has 3 atom stereocenters. The van der Waals surface area contributed by atoms with E-state index in [1.807, 2.05) is 0 Å². The van der Waals surface area contributed by atoms with Crippen molar-refractivity contribution < 1.29 is 37.4 Å². The lowest BCUT2D eigenvalue weighted by atomic mass is 9.87. The number of carbonyl (C=O) groups excluding carboxylic acids is 2. The number of benzene rings is 1. The summed E-state index contributed by atoms with van der Waals surface area (Å²) in [5.74, 6) is -3.12. The Morgan fingerprint density at radius 1 is 1.19 bits per heavy atom. The first kappa shape index (κ1) is 22.2. The third kappa shape index (κ3) is 3.51. The van der Waals surface area contributed by atoms with Crippen LogP contribution in [0.5, 0.6) is 0 Å². The van der Waals surface area contributed by atoms with Gasteiger partial charge in [-0.25, -0.2) is 9.37 Å². The fourth-order valence-electron chi connectivity index (χ4n) is 3.98. The number of aryl methyl sites for hydroxylation is 2. The van der Waals surface area contributed by atoms with Gasteiger partial charge in [-0.3, -0.25) is 14.5 Å². The van der Waals surface area contributed by atoms with Gasteiger partial charge >= 0.3 is 6.18 Å². The highest BCUT2D eigenvalue weighted by atomic mass is 19.4. The number of anilines is 2. The summed E-state index contributed by atoms with van der Waals surface area (Å²) in [4.78, 5) is 31.3. The topological polar surface area (TPSA) is 94.0 Å². The number of hydrogen-bond donors (Lipinski definition) is 2. The summed E-state index contributed by atoms with van der Waals surface area (Å²) in [5, 5.41) is 20.5. The predicted molar refractivity (Wildman–Crippen MR) is 104 cm³/mol. The molecule has 0 bridgehead atoms. The molecule has 32 heavy (non-hydrogen) atoms. The van der Waals surface area contributed by atoms with E-state index in [1.165, 1.54) is 14.0 Å². The van der Waals surface area contributed by atoms with Crippen molar-refractivity contribution in [3.8, 4) is 0 Å². The Labute approximate surface area is 179 Å². The van der Waals surface area contributed by atoms with Crippen molar-refractivity contribution in [1.29, 1.82) is 0 Å². The Bertz CT molecular complexity index is 1100. The van der Waals surface area contributed by atoms with Gasteiger partial charge in [0.05, 0.1) is 5.56 Å². The molecule has 0 spiro atoms. The van der Waals surface area contributed by atoms with E-state index < -0.39 is 53.4 Å². The first-order valence-corrected chi connectivity index (χ1v) is 9.74. The lowest BCUT2D eigenvalue weighted by molar-refractivity contribution is -0.137. The Balaban J connectivity index is 1.74. The molecule has 2 N–H and O–H groups in total. The van der Waals surface area contributed by atoms with Crippen molar-refractivity contribution in [3.05, 3.63) is 52.5 Å². The number of aromatic nitrogens is 1. The van der Waals surface area contributed by atoms with Crippen LogP contribution in [-0.2, 0) is 28.6 Å². The third-order valence-electron chi connectivity index (χ3n) is 5.82. The molecule has 1 aliphatic carbocycles. The first-order chi connectivity index (χ1) is 14.9. The van der Waals surface area contributed by atoms with Gasteiger partial charge in [0.2, 0.25) is 0 Å². The number of amides is 2. The third-order valence-corrected chi connectivity index (χ3v) is 5.82. The normalized spacial score (nSPS) is 22.6. The summed E-state index contributed by atoms with van der Waals surface area (Å²) >= 11 is 0. The van der Waals surface area contributed by atoms with E-state index in [2.05, 4.69) is 4.98 Å². The number of halogens is 4. The summed E-state index contributed by atoms with van der Waals surface area (Å²) in [6.07, 6.45) is -7.50. The smallest absolute Gasteiger partial charge is 0.387 e. The van der Waals surface area contributed by atoms with Gasteiger partial charge in [-0.15, -0.1) is 0 Å². The maximum Gasteiger partial charge on any atom is 0.416 e. The average molecular weight is 453 g/mol. The zero-order valence-electron chi connectivity index (χ0n) is 17.0. The number of fused-ring (bicyclic) bond motifs is 1. The highest BCUT2D eigenvalue weighted by Gasteiger charge is 2.52. The number of alkyl halides is 3. The SMILES string of the molecule is Cc1cc(C(F)(F)F)cc(N2C(=O)[C@@H](O)[C@@H](O)[C@H]2C(=O)N(C)c2cc(F)c3c(c2)CC3)n1. The molecule has 0 unspecified atom stereocenters. The van der Waals surface area contributed by atoms with Gasteiger partial charge in [0, 0.05) is 18.4 Å². The van der Waals surface area contributed by atoms with Gasteiger partial charge in [0.25, 0.3) is 11.8 Å². The van der Waals surface area contributed by atoms with Gasteiger partial charge in [0.15, 0.2) is 6.10 Å². The number of aliphatic hydroxyl groups excluding tert-OH is 2. The highest BCUT2D eigenvalue weighted by molar-refractivity contribution is 6.10. The van der Waals surface area contributed by atoms with Crippen LogP contribution < -0.4 is 9.80 Å². The molecule has 1 saturated heterocycles. The van der Waals surface area contributed by atoms with Gasteiger partial charge in [-0.1, -0.05) is 0 Å². The Morgan fingerprint density at radius 2 is 1.88 bits per heavy atom. The minimum atomic E-state index is -4.75. The summed E-state index contributed by atoms with van der Waals surface area (Å²) in [7, 11) is 1.28. The molecule has 1 aromatic carbocycles. The Morgan fingerprint density at radius 3 is 2.44 bits per heavy atom. The number of rotatable bonds is 3. The van der Waals surface area contributed by atoms with Crippen LogP contribution in [0.3, 0.4) is 0 Å². The van der Waals surface area contributed by atoms with Crippen LogP contribution in [0.15, 0.2) is 24.3 Å². The quantitative estimate of drug-likeness (QED) is 0.691. The van der Waals surface area contributed by atoms with E-state index in [0.29, 0.717) is 29.4 Å². The van der Waals surface area contributed by atoms with Crippen LogP contribution in [-0.4, -0.2) is 52.3 Å².